The van der Waals surface area contributed by atoms with Gasteiger partial charge in [-0.15, -0.1) is 0 Å². The fraction of sp³-hybridized carbons (Fsp3) is 1.00. The van der Waals surface area contributed by atoms with Crippen LogP contribution < -0.4 is 0 Å². The lowest BCUT2D eigenvalue weighted by molar-refractivity contribution is 0.182. The average Bonchev–Trinajstić information content (AvgIpc) is 1.85. The van der Waals surface area contributed by atoms with Crippen molar-refractivity contribution in [3.63, 3.8) is 0 Å². The number of rotatable bonds is 4. The van der Waals surface area contributed by atoms with Gasteiger partial charge in [0, 0.05) is 6.61 Å². The molecule has 0 radical (unpaired) electrons. The lowest BCUT2D eigenvalue weighted by atomic mass is 9.89. The summed E-state index contributed by atoms with van der Waals surface area (Å²) in [4.78, 5) is 0. The van der Waals surface area contributed by atoms with Crippen molar-refractivity contribution in [3.05, 3.63) is 0 Å². The Hall–Kier alpha value is -0.0400. The van der Waals surface area contributed by atoms with Crippen molar-refractivity contribution in [1.82, 2.24) is 0 Å². The summed E-state index contributed by atoms with van der Waals surface area (Å²) < 4.78 is 0. The Morgan fingerprint density at radius 3 is 1.80 bits per heavy atom. The Labute approximate surface area is 64.5 Å². The standard InChI is InChI=1S/C9H20O/c1-7(2)5-8(3)9(4)6-10/h7-10H,5-6H2,1-4H3/t8-,9?/m1/s1. The van der Waals surface area contributed by atoms with E-state index in [9.17, 15) is 0 Å². The molecule has 0 aromatic heterocycles. The Morgan fingerprint density at radius 1 is 1.00 bits per heavy atom. The molecule has 0 saturated carbocycles. The van der Waals surface area contributed by atoms with Crippen LogP contribution in [0.15, 0.2) is 0 Å². The van der Waals surface area contributed by atoms with E-state index in [0.717, 1.165) is 5.92 Å². The molecule has 1 N–H and O–H groups in total. The van der Waals surface area contributed by atoms with Gasteiger partial charge in [-0.05, 0) is 24.2 Å². The molecular formula is C9H20O. The second-order valence-electron chi connectivity index (χ2n) is 3.77. The van der Waals surface area contributed by atoms with Crippen molar-refractivity contribution >= 4 is 0 Å². The Balaban J connectivity index is 3.50. The van der Waals surface area contributed by atoms with Crippen molar-refractivity contribution in [2.75, 3.05) is 6.61 Å². The van der Waals surface area contributed by atoms with E-state index in [2.05, 4.69) is 27.7 Å². The van der Waals surface area contributed by atoms with E-state index < -0.39 is 0 Å². The molecule has 1 heteroatoms. The largest absolute Gasteiger partial charge is 0.396 e. The smallest absolute Gasteiger partial charge is 0.0459 e. The zero-order valence-corrected chi connectivity index (χ0v) is 7.59. The summed E-state index contributed by atoms with van der Waals surface area (Å²) in [6.07, 6.45) is 1.22. The van der Waals surface area contributed by atoms with Gasteiger partial charge in [-0.3, -0.25) is 0 Å². The van der Waals surface area contributed by atoms with E-state index in [1.165, 1.54) is 6.42 Å². The molecule has 1 unspecified atom stereocenters. The first kappa shape index (κ1) is 9.96. The Morgan fingerprint density at radius 2 is 1.50 bits per heavy atom. The highest BCUT2D eigenvalue weighted by atomic mass is 16.3. The molecule has 62 valence electrons. The molecule has 0 fully saturated rings. The lowest BCUT2D eigenvalue weighted by Gasteiger charge is -2.19. The van der Waals surface area contributed by atoms with Gasteiger partial charge in [-0.2, -0.15) is 0 Å². The van der Waals surface area contributed by atoms with E-state index in [0.29, 0.717) is 18.4 Å². The molecule has 0 rings (SSSR count). The number of hydrogen-bond donors (Lipinski definition) is 1. The predicted molar refractivity (Wildman–Crippen MR) is 44.9 cm³/mol. The molecule has 0 spiro atoms. The third kappa shape index (κ3) is 3.89. The Kier molecular flexibility index (Phi) is 4.71. The van der Waals surface area contributed by atoms with E-state index in [1.54, 1.807) is 0 Å². The molecule has 10 heavy (non-hydrogen) atoms. The molecule has 0 amide bonds. The molecular weight excluding hydrogens is 124 g/mol. The summed E-state index contributed by atoms with van der Waals surface area (Å²) >= 11 is 0. The summed E-state index contributed by atoms with van der Waals surface area (Å²) in [7, 11) is 0. The highest BCUT2D eigenvalue weighted by Gasteiger charge is 2.11. The molecule has 1 nitrogen and oxygen atoms in total. The summed E-state index contributed by atoms with van der Waals surface area (Å²) in [6.45, 7) is 9.09. The molecule has 0 aliphatic rings. The van der Waals surface area contributed by atoms with Crippen LogP contribution in [-0.2, 0) is 0 Å². The van der Waals surface area contributed by atoms with Crippen molar-refractivity contribution in [2.24, 2.45) is 17.8 Å². The molecule has 0 aliphatic heterocycles. The van der Waals surface area contributed by atoms with Gasteiger partial charge in [0.1, 0.15) is 0 Å². The maximum absolute atomic E-state index is 8.82. The highest BCUT2D eigenvalue weighted by molar-refractivity contribution is 4.62. The number of aliphatic hydroxyl groups excluding tert-OH is 1. The first-order chi connectivity index (χ1) is 4.57. The monoisotopic (exact) mass is 144 g/mol. The van der Waals surface area contributed by atoms with E-state index in [1.807, 2.05) is 0 Å². The van der Waals surface area contributed by atoms with Crippen molar-refractivity contribution in [2.45, 2.75) is 34.1 Å². The van der Waals surface area contributed by atoms with Crippen LogP contribution in [0.25, 0.3) is 0 Å². The van der Waals surface area contributed by atoms with Crippen LogP contribution in [0.4, 0.5) is 0 Å². The summed E-state index contributed by atoms with van der Waals surface area (Å²) in [5, 5.41) is 8.82. The number of hydrogen-bond acceptors (Lipinski definition) is 1. The third-order valence-corrected chi connectivity index (χ3v) is 2.10. The first-order valence-electron chi connectivity index (χ1n) is 4.18. The van der Waals surface area contributed by atoms with E-state index >= 15 is 0 Å². The maximum atomic E-state index is 8.82. The molecule has 0 heterocycles. The normalized spacial score (nSPS) is 17.4. The van der Waals surface area contributed by atoms with Crippen LogP contribution in [0.3, 0.4) is 0 Å². The molecule has 0 saturated heterocycles. The summed E-state index contributed by atoms with van der Waals surface area (Å²) in [5.41, 5.74) is 0. The third-order valence-electron chi connectivity index (χ3n) is 2.10. The number of aliphatic hydroxyl groups is 1. The van der Waals surface area contributed by atoms with Gasteiger partial charge < -0.3 is 5.11 Å². The summed E-state index contributed by atoms with van der Waals surface area (Å²) in [5.74, 6) is 1.87. The van der Waals surface area contributed by atoms with Gasteiger partial charge in [0.2, 0.25) is 0 Å². The van der Waals surface area contributed by atoms with Gasteiger partial charge in [-0.1, -0.05) is 27.7 Å². The fourth-order valence-electron chi connectivity index (χ4n) is 1.16. The molecule has 0 aliphatic carbocycles. The fourth-order valence-corrected chi connectivity index (χ4v) is 1.16. The van der Waals surface area contributed by atoms with Crippen LogP contribution in [0.1, 0.15) is 34.1 Å². The van der Waals surface area contributed by atoms with Crippen LogP contribution in [0, 0.1) is 17.8 Å². The highest BCUT2D eigenvalue weighted by Crippen LogP contribution is 2.18. The van der Waals surface area contributed by atoms with Crippen LogP contribution >= 0.6 is 0 Å². The lowest BCUT2D eigenvalue weighted by Crippen LogP contribution is -2.13. The average molecular weight is 144 g/mol. The second-order valence-corrected chi connectivity index (χ2v) is 3.77. The van der Waals surface area contributed by atoms with Gasteiger partial charge >= 0.3 is 0 Å². The topological polar surface area (TPSA) is 20.2 Å². The first-order valence-corrected chi connectivity index (χ1v) is 4.18. The predicted octanol–water partition coefficient (Wildman–Crippen LogP) is 2.30. The molecule has 2 atom stereocenters. The van der Waals surface area contributed by atoms with Crippen LogP contribution in [0.5, 0.6) is 0 Å². The van der Waals surface area contributed by atoms with Crippen molar-refractivity contribution in [1.29, 1.82) is 0 Å². The van der Waals surface area contributed by atoms with E-state index in [4.69, 9.17) is 5.11 Å². The van der Waals surface area contributed by atoms with Gasteiger partial charge in [-0.25, -0.2) is 0 Å². The maximum Gasteiger partial charge on any atom is 0.0459 e. The minimum atomic E-state index is 0.327. The SMILES string of the molecule is CC(C)C[C@@H](C)C(C)CO. The summed E-state index contributed by atoms with van der Waals surface area (Å²) in [6, 6.07) is 0. The molecule has 0 aromatic rings. The van der Waals surface area contributed by atoms with Crippen LogP contribution in [-0.4, -0.2) is 11.7 Å². The van der Waals surface area contributed by atoms with Gasteiger partial charge in [0.25, 0.3) is 0 Å². The minimum absolute atomic E-state index is 0.327. The van der Waals surface area contributed by atoms with Crippen LogP contribution in [0.2, 0.25) is 0 Å². The minimum Gasteiger partial charge on any atom is -0.396 e. The van der Waals surface area contributed by atoms with Crippen molar-refractivity contribution < 1.29 is 5.11 Å². The quantitative estimate of drug-likeness (QED) is 0.642. The molecule has 0 aromatic carbocycles. The zero-order chi connectivity index (χ0) is 8.15. The Bertz CT molecular complexity index is 78.8. The van der Waals surface area contributed by atoms with Gasteiger partial charge in [0.15, 0.2) is 0 Å². The second kappa shape index (κ2) is 4.73. The van der Waals surface area contributed by atoms with Gasteiger partial charge in [0.05, 0.1) is 0 Å². The zero-order valence-electron chi connectivity index (χ0n) is 7.59. The molecule has 0 bridgehead atoms. The van der Waals surface area contributed by atoms with Crippen molar-refractivity contribution in [3.8, 4) is 0 Å². The van der Waals surface area contributed by atoms with E-state index in [-0.39, 0.29) is 0 Å².